The van der Waals surface area contributed by atoms with Gasteiger partial charge in [-0.2, -0.15) is 0 Å². The molecule has 12 heavy (non-hydrogen) atoms. The van der Waals surface area contributed by atoms with Crippen molar-refractivity contribution in [2.24, 2.45) is 11.7 Å². The van der Waals surface area contributed by atoms with E-state index in [0.29, 0.717) is 5.92 Å². The molecular formula is C9H17N3. The SMILES string of the molecule is CC(CN)CNCc1ccc[nH]1. The molecule has 0 saturated carbocycles. The lowest BCUT2D eigenvalue weighted by Gasteiger charge is -2.08. The van der Waals surface area contributed by atoms with Gasteiger partial charge in [-0.3, -0.25) is 0 Å². The molecule has 1 aromatic rings. The fourth-order valence-corrected chi connectivity index (χ4v) is 1.01. The summed E-state index contributed by atoms with van der Waals surface area (Å²) in [6.07, 6.45) is 1.93. The first-order valence-corrected chi connectivity index (χ1v) is 4.36. The quantitative estimate of drug-likeness (QED) is 0.604. The topological polar surface area (TPSA) is 53.8 Å². The zero-order valence-corrected chi connectivity index (χ0v) is 7.51. The van der Waals surface area contributed by atoms with Crippen LogP contribution in [0.2, 0.25) is 0 Å². The van der Waals surface area contributed by atoms with Crippen LogP contribution in [0, 0.1) is 5.92 Å². The lowest BCUT2D eigenvalue weighted by molar-refractivity contribution is 0.519. The summed E-state index contributed by atoms with van der Waals surface area (Å²) in [4.78, 5) is 3.14. The van der Waals surface area contributed by atoms with E-state index in [9.17, 15) is 0 Å². The molecule has 0 aromatic carbocycles. The first-order valence-electron chi connectivity index (χ1n) is 4.36. The molecule has 1 rings (SSSR count). The van der Waals surface area contributed by atoms with Crippen molar-refractivity contribution in [3.63, 3.8) is 0 Å². The largest absolute Gasteiger partial charge is 0.364 e. The second-order valence-corrected chi connectivity index (χ2v) is 3.17. The molecule has 1 atom stereocenters. The Morgan fingerprint density at radius 3 is 3.08 bits per heavy atom. The highest BCUT2D eigenvalue weighted by atomic mass is 14.9. The molecule has 0 aliphatic carbocycles. The summed E-state index contributed by atoms with van der Waals surface area (Å²) in [5.41, 5.74) is 6.71. The fourth-order valence-electron chi connectivity index (χ4n) is 1.01. The zero-order valence-electron chi connectivity index (χ0n) is 7.51. The summed E-state index contributed by atoms with van der Waals surface area (Å²) in [6, 6.07) is 4.07. The number of aromatic amines is 1. The Hall–Kier alpha value is -0.800. The van der Waals surface area contributed by atoms with Gasteiger partial charge in [0.2, 0.25) is 0 Å². The summed E-state index contributed by atoms with van der Waals surface area (Å²) >= 11 is 0. The van der Waals surface area contributed by atoms with Gasteiger partial charge in [0.25, 0.3) is 0 Å². The van der Waals surface area contributed by atoms with Crippen LogP contribution < -0.4 is 11.1 Å². The maximum absolute atomic E-state index is 5.48. The minimum Gasteiger partial charge on any atom is -0.364 e. The molecule has 0 aliphatic heterocycles. The van der Waals surface area contributed by atoms with Gasteiger partial charge in [-0.15, -0.1) is 0 Å². The van der Waals surface area contributed by atoms with Crippen molar-refractivity contribution >= 4 is 0 Å². The second-order valence-electron chi connectivity index (χ2n) is 3.17. The third-order valence-electron chi connectivity index (χ3n) is 1.87. The standard InChI is InChI=1S/C9H17N3/c1-8(5-10)6-11-7-9-3-2-4-12-9/h2-4,8,11-12H,5-7,10H2,1H3. The third-order valence-corrected chi connectivity index (χ3v) is 1.87. The van der Waals surface area contributed by atoms with Crippen LogP contribution in [0.15, 0.2) is 18.3 Å². The highest BCUT2D eigenvalue weighted by Crippen LogP contribution is 1.94. The lowest BCUT2D eigenvalue weighted by atomic mass is 10.2. The normalized spacial score (nSPS) is 13.2. The van der Waals surface area contributed by atoms with E-state index in [4.69, 9.17) is 5.73 Å². The summed E-state index contributed by atoms with van der Waals surface area (Å²) in [5, 5.41) is 3.33. The molecule has 1 heterocycles. The summed E-state index contributed by atoms with van der Waals surface area (Å²) in [7, 11) is 0. The number of H-pyrrole nitrogens is 1. The van der Waals surface area contributed by atoms with Crippen molar-refractivity contribution in [2.75, 3.05) is 13.1 Å². The predicted octanol–water partition coefficient (Wildman–Crippen LogP) is 0.699. The van der Waals surface area contributed by atoms with Crippen molar-refractivity contribution in [3.05, 3.63) is 24.0 Å². The molecule has 1 unspecified atom stereocenters. The van der Waals surface area contributed by atoms with Crippen LogP contribution in [0.5, 0.6) is 0 Å². The molecule has 3 heteroatoms. The summed E-state index contributed by atoms with van der Waals surface area (Å²) in [6.45, 7) is 4.77. The van der Waals surface area contributed by atoms with Crippen LogP contribution in [0.4, 0.5) is 0 Å². The van der Waals surface area contributed by atoms with Crippen LogP contribution in [0.3, 0.4) is 0 Å². The maximum Gasteiger partial charge on any atom is 0.0357 e. The Kier molecular flexibility index (Phi) is 3.84. The second kappa shape index (κ2) is 4.95. The van der Waals surface area contributed by atoms with E-state index in [1.165, 1.54) is 5.69 Å². The Morgan fingerprint density at radius 1 is 1.67 bits per heavy atom. The Labute approximate surface area is 73.4 Å². The highest BCUT2D eigenvalue weighted by Gasteiger charge is 1.97. The summed E-state index contributed by atoms with van der Waals surface area (Å²) < 4.78 is 0. The molecule has 0 aliphatic rings. The first-order chi connectivity index (χ1) is 5.83. The number of nitrogens with one attached hydrogen (secondary N) is 2. The lowest BCUT2D eigenvalue weighted by Crippen LogP contribution is -2.25. The molecule has 0 radical (unpaired) electrons. The van der Waals surface area contributed by atoms with E-state index < -0.39 is 0 Å². The maximum atomic E-state index is 5.48. The van der Waals surface area contributed by atoms with Gasteiger partial charge in [0, 0.05) is 18.4 Å². The van der Waals surface area contributed by atoms with Crippen molar-refractivity contribution < 1.29 is 0 Å². The minimum atomic E-state index is 0.556. The van der Waals surface area contributed by atoms with Crippen LogP contribution in [0.25, 0.3) is 0 Å². The van der Waals surface area contributed by atoms with E-state index in [2.05, 4.69) is 23.3 Å². The minimum absolute atomic E-state index is 0.556. The average Bonchev–Trinajstić information content (AvgIpc) is 2.57. The van der Waals surface area contributed by atoms with Gasteiger partial charge in [0.05, 0.1) is 0 Å². The Balaban J connectivity index is 2.11. The van der Waals surface area contributed by atoms with Crippen molar-refractivity contribution in [3.8, 4) is 0 Å². The molecule has 0 spiro atoms. The van der Waals surface area contributed by atoms with Crippen LogP contribution >= 0.6 is 0 Å². The molecule has 1 aromatic heterocycles. The van der Waals surface area contributed by atoms with E-state index in [1.807, 2.05) is 12.3 Å². The summed E-state index contributed by atoms with van der Waals surface area (Å²) in [5.74, 6) is 0.556. The van der Waals surface area contributed by atoms with Gasteiger partial charge in [-0.1, -0.05) is 6.92 Å². The van der Waals surface area contributed by atoms with Crippen LogP contribution in [-0.4, -0.2) is 18.1 Å². The molecule has 4 N–H and O–H groups in total. The number of aromatic nitrogens is 1. The van der Waals surface area contributed by atoms with Crippen molar-refractivity contribution in [2.45, 2.75) is 13.5 Å². The van der Waals surface area contributed by atoms with Crippen molar-refractivity contribution in [1.29, 1.82) is 0 Å². The fraction of sp³-hybridized carbons (Fsp3) is 0.556. The van der Waals surface area contributed by atoms with E-state index >= 15 is 0 Å². The monoisotopic (exact) mass is 167 g/mol. The molecule has 0 saturated heterocycles. The zero-order chi connectivity index (χ0) is 8.81. The molecule has 3 nitrogen and oxygen atoms in total. The highest BCUT2D eigenvalue weighted by molar-refractivity contribution is 5.02. The molecule has 0 fully saturated rings. The molecule has 0 bridgehead atoms. The molecular weight excluding hydrogens is 150 g/mol. The first kappa shape index (κ1) is 9.29. The van der Waals surface area contributed by atoms with E-state index in [0.717, 1.165) is 19.6 Å². The van der Waals surface area contributed by atoms with Gasteiger partial charge in [0.1, 0.15) is 0 Å². The van der Waals surface area contributed by atoms with Gasteiger partial charge >= 0.3 is 0 Å². The third kappa shape index (κ3) is 3.07. The Bertz CT molecular complexity index is 194. The van der Waals surface area contributed by atoms with Crippen molar-refractivity contribution in [1.82, 2.24) is 10.3 Å². The van der Waals surface area contributed by atoms with Crippen LogP contribution in [-0.2, 0) is 6.54 Å². The number of nitrogens with two attached hydrogens (primary N) is 1. The van der Waals surface area contributed by atoms with Gasteiger partial charge in [-0.05, 0) is 31.1 Å². The average molecular weight is 167 g/mol. The number of rotatable bonds is 5. The smallest absolute Gasteiger partial charge is 0.0357 e. The van der Waals surface area contributed by atoms with E-state index in [-0.39, 0.29) is 0 Å². The van der Waals surface area contributed by atoms with Gasteiger partial charge in [-0.25, -0.2) is 0 Å². The molecule has 0 amide bonds. The molecule has 68 valence electrons. The predicted molar refractivity (Wildman–Crippen MR) is 50.7 cm³/mol. The number of hydrogen-bond donors (Lipinski definition) is 3. The number of hydrogen-bond acceptors (Lipinski definition) is 2. The Morgan fingerprint density at radius 2 is 2.50 bits per heavy atom. The van der Waals surface area contributed by atoms with Crippen LogP contribution in [0.1, 0.15) is 12.6 Å². The van der Waals surface area contributed by atoms with E-state index in [1.54, 1.807) is 0 Å². The van der Waals surface area contributed by atoms with Gasteiger partial charge in [0.15, 0.2) is 0 Å². The van der Waals surface area contributed by atoms with Gasteiger partial charge < -0.3 is 16.0 Å².